The minimum absolute atomic E-state index is 0.119. The van der Waals surface area contributed by atoms with Crippen molar-refractivity contribution in [3.8, 4) is 0 Å². The first-order valence-corrected chi connectivity index (χ1v) is 8.56. The molecule has 124 valence electrons. The minimum Gasteiger partial charge on any atom is -0.462 e. The molecule has 0 radical (unpaired) electrons. The first-order valence-electron chi connectivity index (χ1n) is 7.74. The van der Waals surface area contributed by atoms with Crippen molar-refractivity contribution in [2.45, 2.75) is 32.7 Å². The quantitative estimate of drug-likeness (QED) is 0.615. The van der Waals surface area contributed by atoms with Crippen LogP contribution in [0.4, 0.5) is 0 Å². The number of esters is 1. The number of methoxy groups -OCH3 is 1. The van der Waals surface area contributed by atoms with Crippen LogP contribution in [0.25, 0.3) is 10.2 Å². The Morgan fingerprint density at radius 1 is 1.48 bits per heavy atom. The Bertz CT molecular complexity index is 780. The van der Waals surface area contributed by atoms with E-state index >= 15 is 0 Å². The lowest BCUT2D eigenvalue weighted by molar-refractivity contribution is -0.145. The van der Waals surface area contributed by atoms with E-state index in [9.17, 15) is 9.59 Å². The second-order valence-electron chi connectivity index (χ2n) is 5.92. The lowest BCUT2D eigenvalue weighted by Gasteiger charge is -2.17. The summed E-state index contributed by atoms with van der Waals surface area (Å²) in [6, 6.07) is 0. The number of thiophene rings is 1. The molecule has 2 aromatic heterocycles. The summed E-state index contributed by atoms with van der Waals surface area (Å²) in [5.41, 5.74) is 0.980. The van der Waals surface area contributed by atoms with E-state index in [1.54, 1.807) is 11.3 Å². The number of fused-ring (bicyclic) bond motifs is 3. The first-order chi connectivity index (χ1) is 11.1. The molecule has 0 unspecified atom stereocenters. The van der Waals surface area contributed by atoms with Gasteiger partial charge >= 0.3 is 5.97 Å². The van der Waals surface area contributed by atoms with E-state index < -0.39 is 5.97 Å². The molecule has 6 nitrogen and oxygen atoms in total. The number of rotatable bonds is 5. The van der Waals surface area contributed by atoms with Crippen LogP contribution in [0.15, 0.2) is 11.1 Å². The van der Waals surface area contributed by atoms with E-state index in [-0.39, 0.29) is 18.7 Å². The van der Waals surface area contributed by atoms with Crippen LogP contribution in [0.5, 0.6) is 0 Å². The second kappa shape index (κ2) is 6.80. The molecule has 1 aliphatic carbocycles. The molecular weight excluding hydrogens is 316 g/mol. The molecule has 0 aromatic carbocycles. The van der Waals surface area contributed by atoms with Crippen LogP contribution in [0.2, 0.25) is 0 Å². The Kier molecular flexibility index (Phi) is 4.77. The van der Waals surface area contributed by atoms with Crippen molar-refractivity contribution in [1.82, 2.24) is 9.55 Å². The Morgan fingerprint density at radius 2 is 2.30 bits per heavy atom. The van der Waals surface area contributed by atoms with E-state index in [1.165, 1.54) is 22.9 Å². The van der Waals surface area contributed by atoms with E-state index in [4.69, 9.17) is 9.47 Å². The fraction of sp³-hybridized carbons (Fsp3) is 0.562. The predicted octanol–water partition coefficient (Wildman–Crippen LogP) is 1.77. The first kappa shape index (κ1) is 16.1. The van der Waals surface area contributed by atoms with Gasteiger partial charge in [-0.2, -0.15) is 0 Å². The van der Waals surface area contributed by atoms with Gasteiger partial charge in [0.05, 0.1) is 18.3 Å². The van der Waals surface area contributed by atoms with Gasteiger partial charge in [-0.25, -0.2) is 4.98 Å². The SMILES string of the molecule is COCCOC(=O)Cn1cnc2sc3c(c2c1=O)CC[C@@H](C)C3. The van der Waals surface area contributed by atoms with E-state index in [0.717, 1.165) is 29.7 Å². The summed E-state index contributed by atoms with van der Waals surface area (Å²) < 4.78 is 11.2. The largest absolute Gasteiger partial charge is 0.462 e. The molecule has 0 aliphatic heterocycles. The Hall–Kier alpha value is -1.73. The molecule has 0 saturated carbocycles. The Labute approximate surface area is 138 Å². The fourth-order valence-corrected chi connectivity index (χ4v) is 4.24. The number of carbonyl (C=O) groups is 1. The van der Waals surface area contributed by atoms with Crippen molar-refractivity contribution in [1.29, 1.82) is 0 Å². The van der Waals surface area contributed by atoms with Gasteiger partial charge in [-0.15, -0.1) is 11.3 Å². The number of ether oxygens (including phenoxy) is 2. The zero-order valence-corrected chi connectivity index (χ0v) is 14.1. The summed E-state index contributed by atoms with van der Waals surface area (Å²) in [6.45, 7) is 2.64. The molecule has 23 heavy (non-hydrogen) atoms. The number of hydrogen-bond donors (Lipinski definition) is 0. The van der Waals surface area contributed by atoms with Gasteiger partial charge in [0.1, 0.15) is 18.0 Å². The third kappa shape index (κ3) is 3.30. The maximum absolute atomic E-state index is 12.7. The van der Waals surface area contributed by atoms with Crippen molar-refractivity contribution < 1.29 is 14.3 Å². The predicted molar refractivity (Wildman–Crippen MR) is 87.9 cm³/mol. The summed E-state index contributed by atoms with van der Waals surface area (Å²) in [5, 5.41) is 0.684. The van der Waals surface area contributed by atoms with Gasteiger partial charge < -0.3 is 9.47 Å². The van der Waals surface area contributed by atoms with Gasteiger partial charge in [-0.3, -0.25) is 14.2 Å². The standard InChI is InChI=1S/C16H20N2O4S/c1-10-3-4-11-12(7-10)23-15-14(11)16(20)18(9-17-15)8-13(19)22-6-5-21-2/h9-10H,3-8H2,1-2H3/t10-/m1/s1. The van der Waals surface area contributed by atoms with Gasteiger partial charge in [-0.05, 0) is 30.7 Å². The van der Waals surface area contributed by atoms with Gasteiger partial charge in [0, 0.05) is 12.0 Å². The minimum atomic E-state index is -0.456. The lowest BCUT2D eigenvalue weighted by Crippen LogP contribution is -2.26. The van der Waals surface area contributed by atoms with Crippen LogP contribution in [0, 0.1) is 5.92 Å². The van der Waals surface area contributed by atoms with Crippen molar-refractivity contribution in [2.24, 2.45) is 5.92 Å². The molecule has 0 saturated heterocycles. The van der Waals surface area contributed by atoms with Crippen molar-refractivity contribution in [2.75, 3.05) is 20.3 Å². The average Bonchev–Trinajstić information content (AvgIpc) is 2.88. The number of nitrogens with zero attached hydrogens (tertiary/aromatic N) is 2. The maximum Gasteiger partial charge on any atom is 0.326 e. The molecule has 1 atom stereocenters. The zero-order chi connectivity index (χ0) is 16.4. The van der Waals surface area contributed by atoms with E-state index in [1.807, 2.05) is 0 Å². The molecule has 0 N–H and O–H groups in total. The summed E-state index contributed by atoms with van der Waals surface area (Å²) in [7, 11) is 1.54. The van der Waals surface area contributed by atoms with Gasteiger partial charge in [0.2, 0.25) is 0 Å². The van der Waals surface area contributed by atoms with Crippen LogP contribution in [0.1, 0.15) is 23.8 Å². The number of carbonyl (C=O) groups excluding carboxylic acids is 1. The Balaban J connectivity index is 1.87. The van der Waals surface area contributed by atoms with E-state index in [0.29, 0.717) is 17.9 Å². The third-order valence-electron chi connectivity index (χ3n) is 4.13. The van der Waals surface area contributed by atoms with Crippen LogP contribution >= 0.6 is 11.3 Å². The van der Waals surface area contributed by atoms with Crippen molar-refractivity contribution in [3.63, 3.8) is 0 Å². The summed E-state index contributed by atoms with van der Waals surface area (Å²) in [6.07, 6.45) is 4.45. The monoisotopic (exact) mass is 336 g/mol. The molecule has 0 amide bonds. The molecule has 2 heterocycles. The zero-order valence-electron chi connectivity index (χ0n) is 13.3. The number of aryl methyl sites for hydroxylation is 1. The highest BCUT2D eigenvalue weighted by atomic mass is 32.1. The molecule has 0 fully saturated rings. The summed E-state index contributed by atoms with van der Waals surface area (Å²) in [5.74, 6) is 0.191. The molecule has 3 rings (SSSR count). The topological polar surface area (TPSA) is 70.4 Å². The molecular formula is C16H20N2O4S. The lowest BCUT2D eigenvalue weighted by atomic mass is 9.89. The van der Waals surface area contributed by atoms with Gasteiger partial charge in [-0.1, -0.05) is 6.92 Å². The van der Waals surface area contributed by atoms with Crippen LogP contribution in [-0.2, 0) is 33.7 Å². The number of aromatic nitrogens is 2. The highest BCUT2D eigenvalue weighted by Gasteiger charge is 2.23. The molecule has 1 aliphatic rings. The fourth-order valence-electron chi connectivity index (χ4n) is 2.90. The van der Waals surface area contributed by atoms with Crippen LogP contribution in [0.3, 0.4) is 0 Å². The summed E-state index contributed by atoms with van der Waals surface area (Å²) >= 11 is 1.60. The highest BCUT2D eigenvalue weighted by Crippen LogP contribution is 2.35. The molecule has 7 heteroatoms. The smallest absolute Gasteiger partial charge is 0.326 e. The molecule has 0 bridgehead atoms. The van der Waals surface area contributed by atoms with Crippen LogP contribution < -0.4 is 5.56 Å². The maximum atomic E-state index is 12.7. The van der Waals surface area contributed by atoms with Crippen molar-refractivity contribution >= 4 is 27.5 Å². The van der Waals surface area contributed by atoms with Crippen molar-refractivity contribution in [3.05, 3.63) is 27.1 Å². The van der Waals surface area contributed by atoms with Gasteiger partial charge in [0.25, 0.3) is 5.56 Å². The third-order valence-corrected chi connectivity index (χ3v) is 5.29. The normalized spacial score (nSPS) is 17.2. The summed E-state index contributed by atoms with van der Waals surface area (Å²) in [4.78, 5) is 30.9. The Morgan fingerprint density at radius 3 is 3.09 bits per heavy atom. The average molecular weight is 336 g/mol. The van der Waals surface area contributed by atoms with Crippen LogP contribution in [-0.4, -0.2) is 35.8 Å². The van der Waals surface area contributed by atoms with E-state index in [2.05, 4.69) is 11.9 Å². The molecule has 0 spiro atoms. The highest BCUT2D eigenvalue weighted by molar-refractivity contribution is 7.18. The second-order valence-corrected chi connectivity index (χ2v) is 7.01. The number of hydrogen-bond acceptors (Lipinski definition) is 6. The van der Waals surface area contributed by atoms with Gasteiger partial charge in [0.15, 0.2) is 0 Å². The molecule has 2 aromatic rings.